The summed E-state index contributed by atoms with van der Waals surface area (Å²) in [5, 5.41) is 6.80. The van der Waals surface area contributed by atoms with Crippen LogP contribution in [0.2, 0.25) is 10.0 Å². The summed E-state index contributed by atoms with van der Waals surface area (Å²) < 4.78 is 0. The lowest BCUT2D eigenvalue weighted by molar-refractivity contribution is -0.128. The second-order valence-corrected chi connectivity index (χ2v) is 6.54. The third kappa shape index (κ3) is 6.73. The predicted molar refractivity (Wildman–Crippen MR) is 108 cm³/mol. The standard InChI is InChI=1S/C15H22Cl2N4O.HI/c1-9(11-6-5-10(16)7-12(11)17)21-14(18)20-8-15(2,3)13(22)19-4;/h5-7,9H,8H2,1-4H3,(H,19,22)(H3,18,20,21);1H. The largest absolute Gasteiger partial charge is 0.370 e. The molecule has 1 aromatic rings. The van der Waals surface area contributed by atoms with Crippen LogP contribution in [0.25, 0.3) is 0 Å². The molecule has 0 aliphatic carbocycles. The third-order valence-electron chi connectivity index (χ3n) is 3.28. The zero-order valence-corrected chi connectivity index (χ0v) is 17.5. The number of halogens is 3. The Labute approximate surface area is 164 Å². The quantitative estimate of drug-likeness (QED) is 0.349. The molecule has 1 amide bonds. The highest BCUT2D eigenvalue weighted by atomic mass is 127. The summed E-state index contributed by atoms with van der Waals surface area (Å²) >= 11 is 12.0. The van der Waals surface area contributed by atoms with Crippen molar-refractivity contribution in [2.45, 2.75) is 26.8 Å². The highest BCUT2D eigenvalue weighted by molar-refractivity contribution is 14.0. The number of benzene rings is 1. The van der Waals surface area contributed by atoms with Crippen LogP contribution in [0.4, 0.5) is 0 Å². The van der Waals surface area contributed by atoms with Gasteiger partial charge in [-0.15, -0.1) is 24.0 Å². The summed E-state index contributed by atoms with van der Waals surface area (Å²) in [5.41, 5.74) is 6.13. The fourth-order valence-electron chi connectivity index (χ4n) is 1.89. The number of rotatable bonds is 5. The Hall–Kier alpha value is -0.730. The van der Waals surface area contributed by atoms with E-state index in [0.717, 1.165) is 5.56 Å². The Morgan fingerprint density at radius 2 is 2.00 bits per heavy atom. The summed E-state index contributed by atoms with van der Waals surface area (Å²) in [5.74, 6) is 0.174. The van der Waals surface area contributed by atoms with Crippen LogP contribution in [0.15, 0.2) is 23.2 Å². The molecule has 0 saturated carbocycles. The fourth-order valence-corrected chi connectivity index (χ4v) is 2.46. The SMILES string of the molecule is CNC(=O)C(C)(C)CN=C(N)NC(C)c1ccc(Cl)cc1Cl.I. The zero-order chi connectivity index (χ0) is 16.9. The molecular weight excluding hydrogens is 450 g/mol. The Morgan fingerprint density at radius 1 is 1.39 bits per heavy atom. The average Bonchev–Trinajstić information content (AvgIpc) is 2.44. The number of hydrogen-bond acceptors (Lipinski definition) is 2. The number of nitrogens with one attached hydrogen (secondary N) is 2. The van der Waals surface area contributed by atoms with E-state index >= 15 is 0 Å². The lowest BCUT2D eigenvalue weighted by Gasteiger charge is -2.21. The molecule has 4 N–H and O–H groups in total. The van der Waals surface area contributed by atoms with Gasteiger partial charge in [0.05, 0.1) is 18.0 Å². The second kappa shape index (κ2) is 9.54. The van der Waals surface area contributed by atoms with Crippen molar-refractivity contribution in [2.24, 2.45) is 16.1 Å². The molecule has 0 aromatic heterocycles. The number of nitrogens with zero attached hydrogens (tertiary/aromatic N) is 1. The molecule has 1 aromatic carbocycles. The van der Waals surface area contributed by atoms with Gasteiger partial charge in [0.15, 0.2) is 5.96 Å². The molecule has 0 spiro atoms. The monoisotopic (exact) mass is 472 g/mol. The maximum Gasteiger partial charge on any atom is 0.227 e. The summed E-state index contributed by atoms with van der Waals surface area (Å²) in [6.45, 7) is 5.82. The Bertz CT molecular complexity index is 579. The summed E-state index contributed by atoms with van der Waals surface area (Å²) in [4.78, 5) is 15.9. The van der Waals surface area contributed by atoms with Crippen LogP contribution >= 0.6 is 47.2 Å². The van der Waals surface area contributed by atoms with Crippen LogP contribution in [-0.4, -0.2) is 25.5 Å². The molecule has 1 unspecified atom stereocenters. The normalized spacial score (nSPS) is 13.0. The van der Waals surface area contributed by atoms with E-state index in [1.165, 1.54) is 0 Å². The van der Waals surface area contributed by atoms with Gasteiger partial charge in [0.25, 0.3) is 0 Å². The van der Waals surface area contributed by atoms with E-state index in [1.807, 2.05) is 26.8 Å². The van der Waals surface area contributed by atoms with Crippen molar-refractivity contribution in [3.63, 3.8) is 0 Å². The van der Waals surface area contributed by atoms with Gasteiger partial charge in [0.1, 0.15) is 0 Å². The highest BCUT2D eigenvalue weighted by Crippen LogP contribution is 2.26. The van der Waals surface area contributed by atoms with Crippen molar-refractivity contribution in [2.75, 3.05) is 13.6 Å². The molecule has 0 bridgehead atoms. The number of carbonyl (C=O) groups is 1. The minimum Gasteiger partial charge on any atom is -0.370 e. The van der Waals surface area contributed by atoms with Crippen LogP contribution < -0.4 is 16.4 Å². The first-order valence-electron chi connectivity index (χ1n) is 6.91. The van der Waals surface area contributed by atoms with Gasteiger partial charge in [-0.2, -0.15) is 0 Å². The molecular formula is C15H23Cl2IN4O. The molecule has 0 aliphatic heterocycles. The van der Waals surface area contributed by atoms with Crippen molar-refractivity contribution < 1.29 is 4.79 Å². The van der Waals surface area contributed by atoms with Gasteiger partial charge in [-0.3, -0.25) is 9.79 Å². The first-order valence-corrected chi connectivity index (χ1v) is 7.66. The Morgan fingerprint density at radius 3 is 2.52 bits per heavy atom. The maximum absolute atomic E-state index is 11.7. The molecule has 0 radical (unpaired) electrons. The average molecular weight is 473 g/mol. The van der Waals surface area contributed by atoms with E-state index in [4.69, 9.17) is 28.9 Å². The number of guanidine groups is 1. The van der Waals surface area contributed by atoms with Gasteiger partial charge >= 0.3 is 0 Å². The number of hydrogen-bond donors (Lipinski definition) is 3. The maximum atomic E-state index is 11.7. The first-order chi connectivity index (χ1) is 10.2. The van der Waals surface area contributed by atoms with Crippen LogP contribution in [0.1, 0.15) is 32.4 Å². The predicted octanol–water partition coefficient (Wildman–Crippen LogP) is 3.35. The fraction of sp³-hybridized carbons (Fsp3) is 0.467. The van der Waals surface area contributed by atoms with Gasteiger partial charge in [-0.05, 0) is 38.5 Å². The first kappa shape index (κ1) is 22.3. The number of amides is 1. The van der Waals surface area contributed by atoms with Crippen LogP contribution in [0.5, 0.6) is 0 Å². The molecule has 1 rings (SSSR count). The van der Waals surface area contributed by atoms with Gasteiger partial charge < -0.3 is 16.4 Å². The molecule has 0 aliphatic rings. The molecule has 8 heteroatoms. The van der Waals surface area contributed by atoms with Crippen molar-refractivity contribution in [1.29, 1.82) is 0 Å². The smallest absolute Gasteiger partial charge is 0.227 e. The minimum atomic E-state index is -0.623. The van der Waals surface area contributed by atoms with Crippen LogP contribution in [0.3, 0.4) is 0 Å². The minimum absolute atomic E-state index is 0. The molecule has 5 nitrogen and oxygen atoms in total. The molecule has 1 atom stereocenters. The van der Waals surface area contributed by atoms with Gasteiger partial charge in [0, 0.05) is 17.1 Å². The van der Waals surface area contributed by atoms with E-state index in [0.29, 0.717) is 10.0 Å². The second-order valence-electron chi connectivity index (χ2n) is 5.70. The summed E-state index contributed by atoms with van der Waals surface area (Å²) in [7, 11) is 1.60. The van der Waals surface area contributed by atoms with E-state index < -0.39 is 5.41 Å². The van der Waals surface area contributed by atoms with E-state index in [1.54, 1.807) is 19.2 Å². The van der Waals surface area contributed by atoms with Crippen molar-refractivity contribution in [3.05, 3.63) is 33.8 Å². The molecule has 23 heavy (non-hydrogen) atoms. The van der Waals surface area contributed by atoms with E-state index in [2.05, 4.69) is 15.6 Å². The van der Waals surface area contributed by atoms with E-state index in [9.17, 15) is 4.79 Å². The Kier molecular flexibility index (Phi) is 9.24. The van der Waals surface area contributed by atoms with Crippen molar-refractivity contribution in [3.8, 4) is 0 Å². The van der Waals surface area contributed by atoms with Crippen molar-refractivity contribution >= 4 is 59.0 Å². The molecule has 0 heterocycles. The van der Waals surface area contributed by atoms with Crippen molar-refractivity contribution in [1.82, 2.24) is 10.6 Å². The Balaban J connectivity index is 0.00000484. The molecule has 0 fully saturated rings. The van der Waals surface area contributed by atoms with Gasteiger partial charge in [-0.25, -0.2) is 0 Å². The van der Waals surface area contributed by atoms with Crippen LogP contribution in [0, 0.1) is 5.41 Å². The summed E-state index contributed by atoms with van der Waals surface area (Å²) in [6, 6.07) is 5.16. The third-order valence-corrected chi connectivity index (χ3v) is 3.84. The topological polar surface area (TPSA) is 79.5 Å². The summed E-state index contributed by atoms with van der Waals surface area (Å²) in [6.07, 6.45) is 0. The number of carbonyl (C=O) groups excluding carboxylic acids is 1. The van der Waals surface area contributed by atoms with E-state index in [-0.39, 0.29) is 48.4 Å². The lowest BCUT2D eigenvalue weighted by Crippen LogP contribution is -2.39. The lowest BCUT2D eigenvalue weighted by atomic mass is 9.93. The molecule has 130 valence electrons. The highest BCUT2D eigenvalue weighted by Gasteiger charge is 2.26. The van der Waals surface area contributed by atoms with Crippen LogP contribution in [-0.2, 0) is 4.79 Å². The molecule has 0 saturated heterocycles. The number of nitrogens with two attached hydrogens (primary N) is 1. The zero-order valence-electron chi connectivity index (χ0n) is 13.6. The number of aliphatic imine (C=N–C) groups is 1. The van der Waals surface area contributed by atoms with Gasteiger partial charge in [0.2, 0.25) is 5.91 Å². The van der Waals surface area contributed by atoms with Gasteiger partial charge in [-0.1, -0.05) is 29.3 Å².